The van der Waals surface area contributed by atoms with Crippen molar-refractivity contribution in [2.75, 3.05) is 5.32 Å². The Morgan fingerprint density at radius 3 is 2.78 bits per heavy atom. The largest absolute Gasteiger partial charge is 0.305 e. The van der Waals surface area contributed by atoms with E-state index in [-0.39, 0.29) is 21.6 Å². The molecule has 2 aromatic rings. The molecule has 0 saturated heterocycles. The first kappa shape index (κ1) is 12.7. The van der Waals surface area contributed by atoms with Crippen molar-refractivity contribution in [3.8, 4) is 0 Å². The Bertz CT molecular complexity index is 607. The lowest BCUT2D eigenvalue weighted by Crippen LogP contribution is -2.14. The lowest BCUT2D eigenvalue weighted by Gasteiger charge is -2.05. The van der Waals surface area contributed by atoms with Gasteiger partial charge in [-0.25, -0.2) is 9.37 Å². The number of halogens is 3. The van der Waals surface area contributed by atoms with Crippen LogP contribution in [0.4, 0.5) is 10.2 Å². The molecule has 92 valence electrons. The number of anilines is 1. The van der Waals surface area contributed by atoms with Crippen LogP contribution in [0, 0.1) is 5.82 Å². The summed E-state index contributed by atoms with van der Waals surface area (Å²) in [5, 5.41) is 2.76. The zero-order valence-electron chi connectivity index (χ0n) is 8.82. The van der Waals surface area contributed by atoms with Crippen LogP contribution >= 0.6 is 23.2 Å². The number of amides is 1. The standard InChI is InChI=1S/C11H6Cl2FN3O/c12-6-1-2-8(14)7(3-6)11(18)17-10-5-15-4-9(13)16-10/h1-5H,(H,16,17,18). The van der Waals surface area contributed by atoms with Crippen LogP contribution in [0.25, 0.3) is 0 Å². The monoisotopic (exact) mass is 285 g/mol. The fraction of sp³-hybridized carbons (Fsp3) is 0. The third kappa shape index (κ3) is 2.94. The molecular weight excluding hydrogens is 280 g/mol. The van der Waals surface area contributed by atoms with Crippen molar-refractivity contribution in [2.24, 2.45) is 0 Å². The molecule has 4 nitrogen and oxygen atoms in total. The van der Waals surface area contributed by atoms with Crippen molar-refractivity contribution in [3.05, 3.63) is 52.1 Å². The molecule has 0 unspecified atom stereocenters. The van der Waals surface area contributed by atoms with Crippen LogP contribution in [0.1, 0.15) is 10.4 Å². The zero-order chi connectivity index (χ0) is 13.1. The second-order valence-electron chi connectivity index (χ2n) is 3.31. The molecule has 2 rings (SSSR count). The lowest BCUT2D eigenvalue weighted by molar-refractivity contribution is 0.102. The molecule has 1 heterocycles. The summed E-state index contributed by atoms with van der Waals surface area (Å²) in [5.41, 5.74) is -0.177. The van der Waals surface area contributed by atoms with E-state index in [1.54, 1.807) is 0 Å². The fourth-order valence-electron chi connectivity index (χ4n) is 1.26. The Balaban J connectivity index is 2.24. The van der Waals surface area contributed by atoms with Gasteiger partial charge in [0.05, 0.1) is 18.0 Å². The summed E-state index contributed by atoms with van der Waals surface area (Å²) in [6, 6.07) is 3.69. The summed E-state index contributed by atoms with van der Waals surface area (Å²) in [6.07, 6.45) is 2.61. The highest BCUT2D eigenvalue weighted by Crippen LogP contribution is 2.16. The van der Waals surface area contributed by atoms with E-state index in [4.69, 9.17) is 23.2 Å². The molecule has 0 radical (unpaired) electrons. The molecule has 0 aliphatic heterocycles. The highest BCUT2D eigenvalue weighted by Gasteiger charge is 2.13. The fourth-order valence-corrected chi connectivity index (χ4v) is 1.58. The van der Waals surface area contributed by atoms with Crippen LogP contribution in [0.2, 0.25) is 10.2 Å². The van der Waals surface area contributed by atoms with Gasteiger partial charge in [0.15, 0.2) is 5.82 Å². The molecule has 1 amide bonds. The minimum absolute atomic E-state index is 0.124. The first-order chi connectivity index (χ1) is 8.56. The van der Waals surface area contributed by atoms with E-state index < -0.39 is 11.7 Å². The summed E-state index contributed by atoms with van der Waals surface area (Å²) in [7, 11) is 0. The molecule has 1 aromatic heterocycles. The number of carbonyl (C=O) groups is 1. The number of nitrogens with one attached hydrogen (secondary N) is 1. The van der Waals surface area contributed by atoms with Crippen molar-refractivity contribution in [2.45, 2.75) is 0 Å². The van der Waals surface area contributed by atoms with Crippen molar-refractivity contribution >= 4 is 34.9 Å². The van der Waals surface area contributed by atoms with E-state index in [0.29, 0.717) is 0 Å². The average Bonchev–Trinajstić information content (AvgIpc) is 2.32. The second-order valence-corrected chi connectivity index (χ2v) is 4.13. The Labute approximate surface area is 112 Å². The highest BCUT2D eigenvalue weighted by atomic mass is 35.5. The van der Waals surface area contributed by atoms with Crippen LogP contribution in [0.5, 0.6) is 0 Å². The number of rotatable bonds is 2. The van der Waals surface area contributed by atoms with E-state index in [1.807, 2.05) is 0 Å². The number of benzene rings is 1. The van der Waals surface area contributed by atoms with Gasteiger partial charge in [-0.3, -0.25) is 9.78 Å². The quantitative estimate of drug-likeness (QED) is 0.922. The zero-order valence-corrected chi connectivity index (χ0v) is 10.3. The van der Waals surface area contributed by atoms with Crippen molar-refractivity contribution in [1.29, 1.82) is 0 Å². The van der Waals surface area contributed by atoms with Gasteiger partial charge in [-0.15, -0.1) is 0 Å². The lowest BCUT2D eigenvalue weighted by atomic mass is 10.2. The van der Waals surface area contributed by atoms with Gasteiger partial charge in [0.1, 0.15) is 11.0 Å². The maximum atomic E-state index is 13.4. The molecule has 0 spiro atoms. The summed E-state index contributed by atoms with van der Waals surface area (Å²) in [6.45, 7) is 0. The van der Waals surface area contributed by atoms with Crippen LogP contribution in [-0.2, 0) is 0 Å². The van der Waals surface area contributed by atoms with E-state index in [9.17, 15) is 9.18 Å². The SMILES string of the molecule is O=C(Nc1cncc(Cl)n1)c1cc(Cl)ccc1F. The van der Waals surface area contributed by atoms with Crippen LogP contribution in [0.3, 0.4) is 0 Å². The summed E-state index contributed by atoms with van der Waals surface area (Å²) >= 11 is 11.3. The summed E-state index contributed by atoms with van der Waals surface area (Å²) in [5.74, 6) is -1.22. The first-order valence-corrected chi connectivity index (χ1v) is 5.56. The number of aromatic nitrogens is 2. The molecule has 0 aliphatic carbocycles. The van der Waals surface area contributed by atoms with Gasteiger partial charge in [-0.05, 0) is 18.2 Å². The second kappa shape index (κ2) is 5.29. The molecule has 0 fully saturated rings. The highest BCUT2D eigenvalue weighted by molar-refractivity contribution is 6.31. The number of hydrogen-bond acceptors (Lipinski definition) is 3. The third-order valence-electron chi connectivity index (χ3n) is 2.02. The normalized spacial score (nSPS) is 10.2. The molecule has 18 heavy (non-hydrogen) atoms. The van der Waals surface area contributed by atoms with Gasteiger partial charge < -0.3 is 5.32 Å². The van der Waals surface area contributed by atoms with E-state index >= 15 is 0 Å². The summed E-state index contributed by atoms with van der Waals surface area (Å²) in [4.78, 5) is 19.3. The molecule has 7 heteroatoms. The van der Waals surface area contributed by atoms with Crippen LogP contribution < -0.4 is 5.32 Å². The van der Waals surface area contributed by atoms with E-state index in [0.717, 1.165) is 6.07 Å². The average molecular weight is 286 g/mol. The van der Waals surface area contributed by atoms with Gasteiger partial charge >= 0.3 is 0 Å². The predicted molar refractivity (Wildman–Crippen MR) is 66.4 cm³/mol. The van der Waals surface area contributed by atoms with E-state index in [1.165, 1.54) is 24.5 Å². The molecule has 0 bridgehead atoms. The molecular formula is C11H6Cl2FN3O. The summed E-state index contributed by atoms with van der Waals surface area (Å²) < 4.78 is 13.4. The van der Waals surface area contributed by atoms with Crippen molar-refractivity contribution in [3.63, 3.8) is 0 Å². The van der Waals surface area contributed by atoms with Gasteiger partial charge in [0.2, 0.25) is 0 Å². The van der Waals surface area contributed by atoms with Gasteiger partial charge in [-0.2, -0.15) is 0 Å². The molecule has 1 aromatic carbocycles. The molecule has 0 saturated carbocycles. The number of nitrogens with zero attached hydrogens (tertiary/aromatic N) is 2. The van der Waals surface area contributed by atoms with E-state index in [2.05, 4.69) is 15.3 Å². The maximum absolute atomic E-state index is 13.4. The van der Waals surface area contributed by atoms with Crippen LogP contribution in [0.15, 0.2) is 30.6 Å². The smallest absolute Gasteiger partial charge is 0.259 e. The predicted octanol–water partition coefficient (Wildman–Crippen LogP) is 3.17. The Hall–Kier alpha value is -1.72. The first-order valence-electron chi connectivity index (χ1n) is 4.80. The topological polar surface area (TPSA) is 54.9 Å². The third-order valence-corrected chi connectivity index (χ3v) is 2.44. The van der Waals surface area contributed by atoms with Crippen LogP contribution in [-0.4, -0.2) is 15.9 Å². The molecule has 1 N–H and O–H groups in total. The maximum Gasteiger partial charge on any atom is 0.259 e. The Morgan fingerprint density at radius 2 is 2.06 bits per heavy atom. The number of carbonyl (C=O) groups excluding carboxylic acids is 1. The Morgan fingerprint density at radius 1 is 1.28 bits per heavy atom. The Kier molecular flexibility index (Phi) is 3.74. The van der Waals surface area contributed by atoms with Crippen molar-refractivity contribution in [1.82, 2.24) is 9.97 Å². The molecule has 0 aliphatic rings. The van der Waals surface area contributed by atoms with Gasteiger partial charge in [0.25, 0.3) is 5.91 Å². The molecule has 0 atom stereocenters. The van der Waals surface area contributed by atoms with Gasteiger partial charge in [-0.1, -0.05) is 23.2 Å². The van der Waals surface area contributed by atoms with Gasteiger partial charge in [0, 0.05) is 5.02 Å². The number of hydrogen-bond donors (Lipinski definition) is 1. The van der Waals surface area contributed by atoms with Crippen molar-refractivity contribution < 1.29 is 9.18 Å². The minimum Gasteiger partial charge on any atom is -0.305 e. The minimum atomic E-state index is -0.674.